The molecular weight excluding hydrogens is 350 g/mol. The molecule has 0 saturated carbocycles. The highest BCUT2D eigenvalue weighted by molar-refractivity contribution is 5.91. The second-order valence-electron chi connectivity index (χ2n) is 7.07. The molecule has 5 nitrogen and oxygen atoms in total. The van der Waals surface area contributed by atoms with Crippen molar-refractivity contribution < 1.29 is 0 Å². The van der Waals surface area contributed by atoms with Gasteiger partial charge in [0.05, 0.1) is 11.2 Å². The summed E-state index contributed by atoms with van der Waals surface area (Å²) in [5.41, 5.74) is 1.42. The molecule has 2 aromatic heterocycles. The van der Waals surface area contributed by atoms with Gasteiger partial charge in [-0.1, -0.05) is 50.1 Å². The van der Waals surface area contributed by atoms with Gasteiger partial charge in [-0.25, -0.2) is 4.98 Å². The molecule has 0 amide bonds. The van der Waals surface area contributed by atoms with Gasteiger partial charge in [-0.05, 0) is 30.7 Å². The highest BCUT2D eigenvalue weighted by atomic mass is 16.1. The summed E-state index contributed by atoms with van der Waals surface area (Å²) in [4.78, 5) is 31.5. The van der Waals surface area contributed by atoms with E-state index in [9.17, 15) is 9.59 Å². The minimum absolute atomic E-state index is 0.143. The molecule has 0 aliphatic heterocycles. The van der Waals surface area contributed by atoms with Crippen molar-refractivity contribution in [3.63, 3.8) is 0 Å². The van der Waals surface area contributed by atoms with Crippen molar-refractivity contribution in [2.45, 2.75) is 32.6 Å². The number of benzene rings is 2. The van der Waals surface area contributed by atoms with Crippen molar-refractivity contribution in [3.8, 4) is 5.69 Å². The van der Waals surface area contributed by atoms with Gasteiger partial charge in [-0.2, -0.15) is 0 Å². The number of rotatable bonds is 5. The first-order chi connectivity index (χ1) is 13.6. The lowest BCUT2D eigenvalue weighted by molar-refractivity contribution is 0.674. The summed E-state index contributed by atoms with van der Waals surface area (Å²) in [7, 11) is 1.86. The van der Waals surface area contributed by atoms with Crippen LogP contribution in [0.15, 0.2) is 64.2 Å². The monoisotopic (exact) mass is 373 g/mol. The van der Waals surface area contributed by atoms with Crippen molar-refractivity contribution in [3.05, 3.63) is 81.0 Å². The van der Waals surface area contributed by atoms with Gasteiger partial charge in [-0.15, -0.1) is 0 Å². The molecule has 28 heavy (non-hydrogen) atoms. The zero-order chi connectivity index (χ0) is 19.7. The fourth-order valence-electron chi connectivity index (χ4n) is 3.75. The Balaban J connectivity index is 2.11. The Hall–Kier alpha value is -3.21. The maximum atomic E-state index is 13.5. The Kier molecular flexibility index (Phi) is 4.82. The minimum Gasteiger partial charge on any atom is -0.328 e. The third kappa shape index (κ3) is 2.93. The van der Waals surface area contributed by atoms with Crippen LogP contribution in [-0.2, 0) is 13.5 Å². The molecule has 0 N–H and O–H groups in total. The Bertz CT molecular complexity index is 1270. The molecule has 0 unspecified atom stereocenters. The molecule has 0 aliphatic rings. The maximum Gasteiger partial charge on any atom is 0.271 e. The summed E-state index contributed by atoms with van der Waals surface area (Å²) >= 11 is 0. The summed E-state index contributed by atoms with van der Waals surface area (Å²) in [6, 6.07) is 16.8. The molecule has 0 spiro atoms. The zero-order valence-corrected chi connectivity index (χ0v) is 16.2. The first kappa shape index (κ1) is 18.2. The van der Waals surface area contributed by atoms with Crippen molar-refractivity contribution in [1.29, 1.82) is 0 Å². The highest BCUT2D eigenvalue weighted by Crippen LogP contribution is 2.17. The van der Waals surface area contributed by atoms with E-state index in [2.05, 4.69) is 6.92 Å². The van der Waals surface area contributed by atoms with Gasteiger partial charge in [0, 0.05) is 18.9 Å². The normalized spacial score (nSPS) is 11.4. The van der Waals surface area contributed by atoms with E-state index in [1.807, 2.05) is 60.1 Å². The van der Waals surface area contributed by atoms with Crippen LogP contribution in [0, 0.1) is 0 Å². The quantitative estimate of drug-likeness (QED) is 0.393. The van der Waals surface area contributed by atoms with E-state index in [0.29, 0.717) is 23.3 Å². The molecule has 0 bridgehead atoms. The largest absolute Gasteiger partial charge is 0.328 e. The van der Waals surface area contributed by atoms with Crippen molar-refractivity contribution in [2.24, 2.45) is 7.05 Å². The van der Waals surface area contributed by atoms with Gasteiger partial charge in [0.25, 0.3) is 5.56 Å². The molecule has 0 radical (unpaired) electrons. The lowest BCUT2D eigenvalue weighted by Crippen LogP contribution is -2.29. The van der Waals surface area contributed by atoms with Crippen LogP contribution in [-0.4, -0.2) is 14.1 Å². The molecule has 2 heterocycles. The van der Waals surface area contributed by atoms with Crippen LogP contribution in [0.4, 0.5) is 0 Å². The van der Waals surface area contributed by atoms with Crippen LogP contribution in [0.25, 0.3) is 27.6 Å². The van der Waals surface area contributed by atoms with Gasteiger partial charge < -0.3 is 4.57 Å². The second kappa shape index (κ2) is 7.43. The fraction of sp³-hybridized carbons (Fsp3) is 0.261. The fourth-order valence-corrected chi connectivity index (χ4v) is 3.75. The molecule has 0 saturated heterocycles. The number of unbranched alkanes of at least 4 members (excludes halogenated alkanes) is 2. The summed E-state index contributed by atoms with van der Waals surface area (Å²) < 4.78 is 3.46. The van der Waals surface area contributed by atoms with Crippen LogP contribution in [0.1, 0.15) is 32.0 Å². The highest BCUT2D eigenvalue weighted by Gasteiger charge is 2.18. The molecule has 5 heteroatoms. The Morgan fingerprint density at radius 2 is 1.64 bits per heavy atom. The first-order valence-electron chi connectivity index (χ1n) is 9.72. The van der Waals surface area contributed by atoms with Gasteiger partial charge >= 0.3 is 0 Å². The zero-order valence-electron chi connectivity index (χ0n) is 16.2. The van der Waals surface area contributed by atoms with Gasteiger partial charge in [0.1, 0.15) is 11.2 Å². The standard InChI is InChI=1S/C23H23N3O2/c1-3-4-6-15-19-24-22-20(23(28)26(19)16-11-7-5-8-12-16)21(27)17-13-9-10-14-18(17)25(22)2/h5,7-14H,3-4,6,15H2,1-2H3. The van der Waals surface area contributed by atoms with E-state index in [1.165, 1.54) is 0 Å². The van der Waals surface area contributed by atoms with E-state index < -0.39 is 0 Å². The number of para-hydroxylation sites is 2. The average molecular weight is 373 g/mol. The van der Waals surface area contributed by atoms with E-state index in [0.717, 1.165) is 30.5 Å². The number of pyridine rings is 1. The maximum absolute atomic E-state index is 13.5. The Morgan fingerprint density at radius 1 is 0.929 bits per heavy atom. The first-order valence-corrected chi connectivity index (χ1v) is 9.72. The van der Waals surface area contributed by atoms with E-state index in [1.54, 1.807) is 10.6 Å². The second-order valence-corrected chi connectivity index (χ2v) is 7.07. The van der Waals surface area contributed by atoms with Crippen LogP contribution >= 0.6 is 0 Å². The van der Waals surface area contributed by atoms with Gasteiger partial charge in [-0.3, -0.25) is 14.2 Å². The van der Waals surface area contributed by atoms with Crippen molar-refractivity contribution in [1.82, 2.24) is 14.1 Å². The van der Waals surface area contributed by atoms with Gasteiger partial charge in [0.15, 0.2) is 5.65 Å². The molecule has 4 rings (SSSR count). The summed E-state index contributed by atoms with van der Waals surface area (Å²) in [5, 5.41) is 0.680. The molecule has 142 valence electrons. The predicted octanol–water partition coefficient (Wildman–Crippen LogP) is 3.97. The SMILES string of the molecule is CCCCCc1nc2c(c(=O)c3ccccc3n2C)c(=O)n1-c1ccccc1. The van der Waals surface area contributed by atoms with Gasteiger partial charge in [0.2, 0.25) is 5.43 Å². The predicted molar refractivity (Wildman–Crippen MR) is 113 cm³/mol. The number of nitrogens with zero attached hydrogens (tertiary/aromatic N) is 3. The Labute approximate surface area is 162 Å². The van der Waals surface area contributed by atoms with Crippen LogP contribution in [0.2, 0.25) is 0 Å². The number of hydrogen-bond acceptors (Lipinski definition) is 3. The van der Waals surface area contributed by atoms with Crippen molar-refractivity contribution >= 4 is 21.9 Å². The molecule has 0 atom stereocenters. The van der Waals surface area contributed by atoms with E-state index >= 15 is 0 Å². The molecule has 0 fully saturated rings. The van der Waals surface area contributed by atoms with Crippen LogP contribution in [0.5, 0.6) is 0 Å². The minimum atomic E-state index is -0.297. The summed E-state index contributed by atoms with van der Waals surface area (Å²) in [6.07, 6.45) is 3.80. The smallest absolute Gasteiger partial charge is 0.271 e. The van der Waals surface area contributed by atoms with E-state index in [-0.39, 0.29) is 16.4 Å². The lowest BCUT2D eigenvalue weighted by Gasteiger charge is -2.16. The average Bonchev–Trinajstić information content (AvgIpc) is 2.72. The molecule has 4 aromatic rings. The lowest BCUT2D eigenvalue weighted by atomic mass is 10.1. The van der Waals surface area contributed by atoms with E-state index in [4.69, 9.17) is 4.98 Å². The summed E-state index contributed by atoms with van der Waals surface area (Å²) in [5.74, 6) is 0.697. The van der Waals surface area contributed by atoms with Crippen molar-refractivity contribution in [2.75, 3.05) is 0 Å². The third-order valence-electron chi connectivity index (χ3n) is 5.21. The number of fused-ring (bicyclic) bond motifs is 2. The number of hydrogen-bond donors (Lipinski definition) is 0. The van der Waals surface area contributed by atoms with Crippen LogP contribution in [0.3, 0.4) is 0 Å². The topological polar surface area (TPSA) is 56.9 Å². The number of aromatic nitrogens is 3. The third-order valence-corrected chi connectivity index (χ3v) is 5.21. The molecular formula is C23H23N3O2. The van der Waals surface area contributed by atoms with Crippen LogP contribution < -0.4 is 11.0 Å². The number of aryl methyl sites for hydroxylation is 2. The Morgan fingerprint density at radius 3 is 2.39 bits per heavy atom. The molecule has 2 aromatic carbocycles. The summed E-state index contributed by atoms with van der Waals surface area (Å²) in [6.45, 7) is 2.15. The molecule has 0 aliphatic carbocycles.